The predicted molar refractivity (Wildman–Crippen MR) is 52.4 cm³/mol. The number of nitrogens with zero attached hydrogens (tertiary/aromatic N) is 1. The molecular formula is C8H14N2O2S. The minimum absolute atomic E-state index is 0.0340. The van der Waals surface area contributed by atoms with Crippen LogP contribution >= 0.6 is 12.6 Å². The van der Waals surface area contributed by atoms with Gasteiger partial charge in [0.25, 0.3) is 0 Å². The molecule has 0 aromatic carbocycles. The van der Waals surface area contributed by atoms with Crippen molar-refractivity contribution in [3.63, 3.8) is 0 Å². The molecule has 5 heteroatoms. The van der Waals surface area contributed by atoms with Gasteiger partial charge in [0.15, 0.2) is 0 Å². The third kappa shape index (κ3) is 1.96. The van der Waals surface area contributed by atoms with Gasteiger partial charge in [-0.15, -0.1) is 0 Å². The van der Waals surface area contributed by atoms with Crippen molar-refractivity contribution in [1.29, 1.82) is 0 Å². The molecule has 1 unspecified atom stereocenters. The molecule has 1 fully saturated rings. The molecule has 1 atom stereocenters. The van der Waals surface area contributed by atoms with Gasteiger partial charge in [-0.25, -0.2) is 0 Å². The van der Waals surface area contributed by atoms with Crippen LogP contribution in [0, 0.1) is 5.41 Å². The minimum Gasteiger partial charge on any atom is -0.369 e. The molecule has 1 aliphatic heterocycles. The van der Waals surface area contributed by atoms with Gasteiger partial charge in [-0.2, -0.15) is 12.6 Å². The first-order valence-electron chi connectivity index (χ1n) is 4.18. The lowest BCUT2D eigenvalue weighted by Crippen LogP contribution is -2.39. The predicted octanol–water partition coefficient (Wildman–Crippen LogP) is -0.360. The molecule has 1 rings (SSSR count). The summed E-state index contributed by atoms with van der Waals surface area (Å²) in [6.45, 7) is 2.84. The second-order valence-electron chi connectivity index (χ2n) is 3.65. The van der Waals surface area contributed by atoms with Crippen LogP contribution in [-0.2, 0) is 9.59 Å². The minimum atomic E-state index is -0.543. The molecule has 0 aromatic rings. The summed E-state index contributed by atoms with van der Waals surface area (Å²) in [5.74, 6) is -0.176. The van der Waals surface area contributed by atoms with E-state index in [0.717, 1.165) is 0 Å². The lowest BCUT2D eigenvalue weighted by Gasteiger charge is -2.20. The Bertz CT molecular complexity index is 244. The molecule has 13 heavy (non-hydrogen) atoms. The maximum absolute atomic E-state index is 11.2. The lowest BCUT2D eigenvalue weighted by molar-refractivity contribution is -0.129. The van der Waals surface area contributed by atoms with E-state index >= 15 is 0 Å². The van der Waals surface area contributed by atoms with Crippen molar-refractivity contribution in [1.82, 2.24) is 4.90 Å². The van der Waals surface area contributed by atoms with Crippen molar-refractivity contribution in [2.24, 2.45) is 11.1 Å². The highest BCUT2D eigenvalue weighted by Crippen LogP contribution is 2.29. The molecule has 1 saturated heterocycles. The largest absolute Gasteiger partial charge is 0.369 e. The van der Waals surface area contributed by atoms with Crippen molar-refractivity contribution < 1.29 is 9.59 Å². The number of thiol groups is 1. The number of hydrogen-bond acceptors (Lipinski definition) is 3. The maximum Gasteiger partial charge on any atom is 0.232 e. The number of carbonyl (C=O) groups excluding carboxylic acids is 2. The van der Waals surface area contributed by atoms with Gasteiger partial charge in [-0.1, -0.05) is 0 Å². The van der Waals surface area contributed by atoms with E-state index in [2.05, 4.69) is 12.6 Å². The fourth-order valence-electron chi connectivity index (χ4n) is 1.48. The van der Waals surface area contributed by atoms with Crippen LogP contribution in [-0.4, -0.2) is 35.6 Å². The SMILES string of the molecule is CC1(C(N)=O)CCN(C(=O)CS)C1. The zero-order valence-corrected chi connectivity index (χ0v) is 8.51. The van der Waals surface area contributed by atoms with Gasteiger partial charge in [0.05, 0.1) is 11.2 Å². The van der Waals surface area contributed by atoms with Gasteiger partial charge in [0.1, 0.15) is 0 Å². The maximum atomic E-state index is 11.2. The number of primary amides is 1. The second kappa shape index (κ2) is 3.57. The number of carbonyl (C=O) groups is 2. The van der Waals surface area contributed by atoms with Gasteiger partial charge in [-0.05, 0) is 13.3 Å². The van der Waals surface area contributed by atoms with E-state index in [-0.39, 0.29) is 17.6 Å². The first kappa shape index (κ1) is 10.4. The second-order valence-corrected chi connectivity index (χ2v) is 3.96. The number of amides is 2. The molecule has 74 valence electrons. The van der Waals surface area contributed by atoms with Gasteiger partial charge in [0.2, 0.25) is 11.8 Å². The molecule has 2 N–H and O–H groups in total. The summed E-state index contributed by atoms with van der Waals surface area (Å²) in [5, 5.41) is 0. The smallest absolute Gasteiger partial charge is 0.232 e. The fraction of sp³-hybridized carbons (Fsp3) is 0.750. The Morgan fingerprint density at radius 3 is 2.62 bits per heavy atom. The third-order valence-electron chi connectivity index (χ3n) is 2.56. The molecular weight excluding hydrogens is 188 g/mol. The summed E-state index contributed by atoms with van der Waals surface area (Å²) < 4.78 is 0. The monoisotopic (exact) mass is 202 g/mol. The van der Waals surface area contributed by atoms with Crippen molar-refractivity contribution >= 4 is 24.4 Å². The zero-order valence-electron chi connectivity index (χ0n) is 7.62. The molecule has 0 bridgehead atoms. The Morgan fingerprint density at radius 1 is 1.62 bits per heavy atom. The van der Waals surface area contributed by atoms with Crippen molar-refractivity contribution in [2.75, 3.05) is 18.8 Å². The highest BCUT2D eigenvalue weighted by atomic mass is 32.1. The topological polar surface area (TPSA) is 63.4 Å². The molecule has 0 saturated carbocycles. The van der Waals surface area contributed by atoms with Crippen LogP contribution in [0.15, 0.2) is 0 Å². The van der Waals surface area contributed by atoms with E-state index in [1.165, 1.54) is 0 Å². The number of hydrogen-bond donors (Lipinski definition) is 2. The van der Waals surface area contributed by atoms with Crippen molar-refractivity contribution in [2.45, 2.75) is 13.3 Å². The summed E-state index contributed by atoms with van der Waals surface area (Å²) in [4.78, 5) is 23.9. The average Bonchev–Trinajstić information content (AvgIpc) is 2.48. The molecule has 2 amide bonds. The van der Waals surface area contributed by atoms with Crippen LogP contribution < -0.4 is 5.73 Å². The molecule has 1 aliphatic rings. The molecule has 0 radical (unpaired) electrons. The quantitative estimate of drug-likeness (QED) is 0.601. The molecule has 0 aromatic heterocycles. The van der Waals surface area contributed by atoms with E-state index in [0.29, 0.717) is 19.5 Å². The molecule has 4 nitrogen and oxygen atoms in total. The van der Waals surface area contributed by atoms with Gasteiger partial charge in [-0.3, -0.25) is 9.59 Å². The highest BCUT2D eigenvalue weighted by molar-refractivity contribution is 7.81. The van der Waals surface area contributed by atoms with Crippen LogP contribution in [0.3, 0.4) is 0 Å². The first-order chi connectivity index (χ1) is 5.99. The van der Waals surface area contributed by atoms with E-state index in [1.807, 2.05) is 0 Å². The van der Waals surface area contributed by atoms with E-state index < -0.39 is 5.41 Å². The summed E-state index contributed by atoms with van der Waals surface area (Å²) >= 11 is 3.89. The number of nitrogens with two attached hydrogens (primary N) is 1. The van der Waals surface area contributed by atoms with Crippen LogP contribution in [0.4, 0.5) is 0 Å². The standard InChI is InChI=1S/C8H14N2O2S/c1-8(7(9)12)2-3-10(5-8)6(11)4-13/h13H,2-5H2,1H3,(H2,9,12). The van der Waals surface area contributed by atoms with Crippen LogP contribution in [0.2, 0.25) is 0 Å². The molecule has 1 heterocycles. The average molecular weight is 202 g/mol. The summed E-state index contributed by atoms with van der Waals surface area (Å²) in [5.41, 5.74) is 4.70. The Balaban J connectivity index is 2.63. The third-order valence-corrected chi connectivity index (χ3v) is 2.83. The number of likely N-dealkylation sites (tertiary alicyclic amines) is 1. The Morgan fingerprint density at radius 2 is 2.23 bits per heavy atom. The molecule has 0 aliphatic carbocycles. The van der Waals surface area contributed by atoms with Gasteiger partial charge < -0.3 is 10.6 Å². The van der Waals surface area contributed by atoms with Gasteiger partial charge >= 0.3 is 0 Å². The Kier molecular flexibility index (Phi) is 2.85. The lowest BCUT2D eigenvalue weighted by atomic mass is 9.89. The van der Waals surface area contributed by atoms with Crippen molar-refractivity contribution in [3.05, 3.63) is 0 Å². The van der Waals surface area contributed by atoms with Crippen LogP contribution in [0.1, 0.15) is 13.3 Å². The van der Waals surface area contributed by atoms with E-state index in [4.69, 9.17) is 5.73 Å². The van der Waals surface area contributed by atoms with Gasteiger partial charge in [0, 0.05) is 13.1 Å². The van der Waals surface area contributed by atoms with E-state index in [9.17, 15) is 9.59 Å². The molecule has 0 spiro atoms. The van der Waals surface area contributed by atoms with Crippen molar-refractivity contribution in [3.8, 4) is 0 Å². The fourth-order valence-corrected chi connectivity index (χ4v) is 1.68. The first-order valence-corrected chi connectivity index (χ1v) is 4.81. The normalized spacial score (nSPS) is 27.7. The zero-order chi connectivity index (χ0) is 10.1. The Hall–Kier alpha value is -0.710. The number of rotatable bonds is 2. The summed E-state index contributed by atoms with van der Waals surface area (Å²) in [6, 6.07) is 0. The van der Waals surface area contributed by atoms with Crippen LogP contribution in [0.5, 0.6) is 0 Å². The summed E-state index contributed by atoms with van der Waals surface area (Å²) in [7, 11) is 0. The Labute approximate surface area is 82.9 Å². The van der Waals surface area contributed by atoms with Crippen LogP contribution in [0.25, 0.3) is 0 Å². The van der Waals surface area contributed by atoms with E-state index in [1.54, 1.807) is 11.8 Å². The summed E-state index contributed by atoms with van der Waals surface area (Å²) in [6.07, 6.45) is 0.655. The highest BCUT2D eigenvalue weighted by Gasteiger charge is 2.40.